The molecule has 0 bridgehead atoms. The minimum absolute atomic E-state index is 0.0608. The summed E-state index contributed by atoms with van der Waals surface area (Å²) in [6.07, 6.45) is 2.75. The van der Waals surface area contributed by atoms with Crippen molar-refractivity contribution in [2.45, 2.75) is 33.7 Å². The van der Waals surface area contributed by atoms with Crippen LogP contribution in [0.1, 0.15) is 29.2 Å². The van der Waals surface area contributed by atoms with Crippen molar-refractivity contribution < 1.29 is 4.79 Å². The molecule has 0 fully saturated rings. The normalized spacial score (nSPS) is 12.3. The van der Waals surface area contributed by atoms with Crippen molar-refractivity contribution in [2.24, 2.45) is 5.92 Å². The highest BCUT2D eigenvalue weighted by atomic mass is 16.1. The predicted molar refractivity (Wildman–Crippen MR) is 98.9 cm³/mol. The first kappa shape index (κ1) is 16.3. The van der Waals surface area contributed by atoms with Crippen LogP contribution in [0.5, 0.6) is 0 Å². The number of amides is 1. The van der Waals surface area contributed by atoms with Gasteiger partial charge in [0.25, 0.3) is 0 Å². The van der Waals surface area contributed by atoms with E-state index < -0.39 is 0 Å². The molecule has 0 aliphatic heterocycles. The monoisotopic (exact) mass is 320 g/mol. The summed E-state index contributed by atoms with van der Waals surface area (Å²) in [7, 11) is 0. The minimum atomic E-state index is -0.0608. The van der Waals surface area contributed by atoms with Crippen LogP contribution in [0.15, 0.2) is 48.7 Å². The largest absolute Gasteiger partial charge is 0.361 e. The van der Waals surface area contributed by atoms with Gasteiger partial charge in [-0.3, -0.25) is 4.79 Å². The fraction of sp³-hybridized carbons (Fsp3) is 0.286. The van der Waals surface area contributed by atoms with Gasteiger partial charge in [-0.05, 0) is 48.6 Å². The summed E-state index contributed by atoms with van der Waals surface area (Å²) in [5.74, 6) is 0.0375. The third-order valence-electron chi connectivity index (χ3n) is 4.82. The van der Waals surface area contributed by atoms with E-state index in [2.05, 4.69) is 48.4 Å². The molecule has 0 radical (unpaired) electrons. The van der Waals surface area contributed by atoms with Crippen molar-refractivity contribution in [3.8, 4) is 0 Å². The van der Waals surface area contributed by atoms with E-state index in [1.807, 2.05) is 31.3 Å². The van der Waals surface area contributed by atoms with Crippen molar-refractivity contribution in [1.29, 1.82) is 0 Å². The highest BCUT2D eigenvalue weighted by molar-refractivity contribution is 5.84. The molecule has 3 nitrogen and oxygen atoms in total. The van der Waals surface area contributed by atoms with Crippen LogP contribution in [0.25, 0.3) is 10.9 Å². The van der Waals surface area contributed by atoms with Crippen molar-refractivity contribution in [1.82, 2.24) is 10.3 Å². The Kier molecular flexibility index (Phi) is 4.70. The third kappa shape index (κ3) is 3.35. The fourth-order valence-corrected chi connectivity index (χ4v) is 3.08. The van der Waals surface area contributed by atoms with Gasteiger partial charge in [-0.15, -0.1) is 0 Å². The highest BCUT2D eigenvalue weighted by Gasteiger charge is 2.15. The Morgan fingerprint density at radius 1 is 1.08 bits per heavy atom. The van der Waals surface area contributed by atoms with Crippen LogP contribution < -0.4 is 5.32 Å². The summed E-state index contributed by atoms with van der Waals surface area (Å²) in [6.45, 7) is 6.78. The second kappa shape index (κ2) is 6.91. The lowest BCUT2D eigenvalue weighted by atomic mass is 9.99. The number of aromatic amines is 1. The number of rotatable bonds is 5. The molecule has 1 atom stereocenters. The molecule has 1 aromatic heterocycles. The summed E-state index contributed by atoms with van der Waals surface area (Å²) in [6, 6.07) is 14.4. The average molecular weight is 320 g/mol. The Balaban J connectivity index is 1.64. The summed E-state index contributed by atoms with van der Waals surface area (Å²) < 4.78 is 0. The molecule has 0 spiro atoms. The van der Waals surface area contributed by atoms with E-state index in [0.29, 0.717) is 6.54 Å². The van der Waals surface area contributed by atoms with E-state index in [9.17, 15) is 4.79 Å². The second-order valence-corrected chi connectivity index (χ2v) is 6.54. The average Bonchev–Trinajstić information content (AvgIpc) is 2.99. The van der Waals surface area contributed by atoms with Crippen molar-refractivity contribution >= 4 is 16.8 Å². The summed E-state index contributed by atoms with van der Waals surface area (Å²) in [5.41, 5.74) is 6.01. The van der Waals surface area contributed by atoms with E-state index in [0.717, 1.165) is 11.9 Å². The number of hydrogen-bond acceptors (Lipinski definition) is 1. The SMILES string of the molecule is Cc1cccc(CNC(=O)C(C)Cc2c[nH]c3ccccc23)c1C. The quantitative estimate of drug-likeness (QED) is 0.724. The number of H-pyrrole nitrogens is 1. The van der Waals surface area contributed by atoms with Gasteiger partial charge in [0.1, 0.15) is 0 Å². The van der Waals surface area contributed by atoms with Gasteiger partial charge >= 0.3 is 0 Å². The van der Waals surface area contributed by atoms with Crippen LogP contribution in [0, 0.1) is 19.8 Å². The standard InChI is InChI=1S/C21H24N2O/c1-14-7-6-8-17(16(14)3)12-23-21(24)15(2)11-18-13-22-20-10-5-4-9-19(18)20/h4-10,13,15,22H,11-12H2,1-3H3,(H,23,24). The van der Waals surface area contributed by atoms with Crippen LogP contribution in [-0.4, -0.2) is 10.9 Å². The number of fused-ring (bicyclic) bond motifs is 1. The molecule has 1 heterocycles. The molecule has 3 heteroatoms. The van der Waals surface area contributed by atoms with Crippen LogP contribution in [-0.2, 0) is 17.8 Å². The lowest BCUT2D eigenvalue weighted by Crippen LogP contribution is -2.30. The maximum atomic E-state index is 12.5. The lowest BCUT2D eigenvalue weighted by molar-refractivity contribution is -0.124. The number of carbonyl (C=O) groups excluding carboxylic acids is 1. The van der Waals surface area contributed by atoms with Gasteiger partial charge in [-0.2, -0.15) is 0 Å². The van der Waals surface area contributed by atoms with Gasteiger partial charge in [-0.1, -0.05) is 43.3 Å². The maximum Gasteiger partial charge on any atom is 0.223 e. The van der Waals surface area contributed by atoms with E-state index >= 15 is 0 Å². The van der Waals surface area contributed by atoms with Gasteiger partial charge in [-0.25, -0.2) is 0 Å². The molecule has 2 N–H and O–H groups in total. The Labute approximate surface area is 143 Å². The highest BCUT2D eigenvalue weighted by Crippen LogP contribution is 2.21. The predicted octanol–water partition coefficient (Wildman–Crippen LogP) is 4.28. The lowest BCUT2D eigenvalue weighted by Gasteiger charge is -2.14. The molecule has 1 amide bonds. The fourth-order valence-electron chi connectivity index (χ4n) is 3.08. The van der Waals surface area contributed by atoms with Crippen LogP contribution in [0.2, 0.25) is 0 Å². The molecule has 0 saturated heterocycles. The Morgan fingerprint density at radius 3 is 2.71 bits per heavy atom. The van der Waals surface area contributed by atoms with E-state index in [4.69, 9.17) is 0 Å². The summed E-state index contributed by atoms with van der Waals surface area (Å²) in [4.78, 5) is 15.7. The molecule has 3 rings (SSSR count). The van der Waals surface area contributed by atoms with Crippen molar-refractivity contribution in [3.63, 3.8) is 0 Å². The second-order valence-electron chi connectivity index (χ2n) is 6.54. The van der Waals surface area contributed by atoms with Gasteiger partial charge < -0.3 is 10.3 Å². The van der Waals surface area contributed by atoms with Crippen molar-refractivity contribution in [2.75, 3.05) is 0 Å². The Hall–Kier alpha value is -2.55. The first-order valence-corrected chi connectivity index (χ1v) is 8.44. The summed E-state index contributed by atoms with van der Waals surface area (Å²) in [5, 5.41) is 4.28. The Morgan fingerprint density at radius 2 is 1.88 bits per heavy atom. The zero-order valence-electron chi connectivity index (χ0n) is 14.5. The molecule has 0 aliphatic carbocycles. The smallest absolute Gasteiger partial charge is 0.223 e. The van der Waals surface area contributed by atoms with Gasteiger partial charge in [0.05, 0.1) is 0 Å². The Bertz CT molecular complexity index is 863. The number of benzene rings is 2. The van der Waals surface area contributed by atoms with Crippen LogP contribution >= 0.6 is 0 Å². The van der Waals surface area contributed by atoms with E-state index in [1.54, 1.807) is 0 Å². The maximum absolute atomic E-state index is 12.5. The van der Waals surface area contributed by atoms with Gasteiger partial charge in [0, 0.05) is 29.6 Å². The molecular weight excluding hydrogens is 296 g/mol. The number of carbonyl (C=O) groups is 1. The third-order valence-corrected chi connectivity index (χ3v) is 4.82. The molecule has 1 unspecified atom stereocenters. The molecule has 2 aromatic carbocycles. The number of hydrogen-bond donors (Lipinski definition) is 2. The number of para-hydroxylation sites is 1. The molecular formula is C21H24N2O. The number of aromatic nitrogens is 1. The number of nitrogens with one attached hydrogen (secondary N) is 2. The van der Waals surface area contributed by atoms with Gasteiger partial charge in [0.2, 0.25) is 5.91 Å². The molecule has 0 aliphatic rings. The van der Waals surface area contributed by atoms with E-state index in [1.165, 1.54) is 27.6 Å². The van der Waals surface area contributed by atoms with Crippen LogP contribution in [0.3, 0.4) is 0 Å². The van der Waals surface area contributed by atoms with E-state index in [-0.39, 0.29) is 11.8 Å². The zero-order chi connectivity index (χ0) is 17.1. The molecule has 24 heavy (non-hydrogen) atoms. The summed E-state index contributed by atoms with van der Waals surface area (Å²) >= 11 is 0. The molecule has 3 aromatic rings. The first-order valence-electron chi connectivity index (χ1n) is 8.44. The molecule has 0 saturated carbocycles. The zero-order valence-corrected chi connectivity index (χ0v) is 14.5. The number of aryl methyl sites for hydroxylation is 1. The first-order chi connectivity index (χ1) is 11.6. The van der Waals surface area contributed by atoms with Crippen molar-refractivity contribution in [3.05, 3.63) is 70.9 Å². The van der Waals surface area contributed by atoms with Gasteiger partial charge in [0.15, 0.2) is 0 Å². The van der Waals surface area contributed by atoms with Crippen LogP contribution in [0.4, 0.5) is 0 Å². The molecule has 124 valence electrons. The topological polar surface area (TPSA) is 44.9 Å². The minimum Gasteiger partial charge on any atom is -0.361 e.